The van der Waals surface area contributed by atoms with Crippen LogP contribution in [0.3, 0.4) is 0 Å². The van der Waals surface area contributed by atoms with Crippen LogP contribution < -0.4 is 11.0 Å². The maximum absolute atomic E-state index is 13.9. The fourth-order valence-corrected chi connectivity index (χ4v) is 2.08. The molecule has 0 saturated carbocycles. The van der Waals surface area contributed by atoms with E-state index in [2.05, 4.69) is 15.3 Å². The Balaban J connectivity index is 2.24. The lowest BCUT2D eigenvalue weighted by molar-refractivity contribution is -0.167. The van der Waals surface area contributed by atoms with Gasteiger partial charge in [-0.15, -0.1) is 0 Å². The molecule has 1 saturated heterocycles. The molecule has 0 aliphatic carbocycles. The molecule has 1 fully saturated rings. The fourth-order valence-electron chi connectivity index (χ4n) is 1.64. The summed E-state index contributed by atoms with van der Waals surface area (Å²) in [4.78, 5) is 16.9. The quantitative estimate of drug-likeness (QED) is 0.401. The number of nitrogens with zero attached hydrogens (tertiary/aromatic N) is 1. The van der Waals surface area contributed by atoms with E-state index in [4.69, 9.17) is 9.84 Å². The lowest BCUT2D eigenvalue weighted by atomic mass is 10.1. The van der Waals surface area contributed by atoms with E-state index in [0.29, 0.717) is 3.57 Å². The topological polar surface area (TPSA) is 128 Å². The molecule has 2 heterocycles. The Labute approximate surface area is 119 Å². The average Bonchev–Trinajstić information content (AvgIpc) is 2.57. The summed E-state index contributed by atoms with van der Waals surface area (Å²) in [6, 6.07) is 0. The third-order valence-corrected chi connectivity index (χ3v) is 3.48. The number of rotatable bonds is 3. The molecular weight excluding hydrogens is 376 g/mol. The van der Waals surface area contributed by atoms with Crippen molar-refractivity contribution < 1.29 is 24.4 Å². The highest BCUT2D eigenvalue weighted by Crippen LogP contribution is 2.33. The highest BCUT2D eigenvalue weighted by Gasteiger charge is 2.56. The van der Waals surface area contributed by atoms with E-state index in [1.54, 1.807) is 0 Å². The summed E-state index contributed by atoms with van der Waals surface area (Å²) in [7, 11) is 0. The van der Waals surface area contributed by atoms with Crippen LogP contribution in [0.25, 0.3) is 0 Å². The molecule has 1 aromatic rings. The van der Waals surface area contributed by atoms with Crippen molar-refractivity contribution in [3.63, 3.8) is 0 Å². The number of halogens is 2. The van der Waals surface area contributed by atoms with Gasteiger partial charge in [0, 0.05) is 6.20 Å². The number of aliphatic hydroxyl groups excluding tert-OH is 2. The van der Waals surface area contributed by atoms with Gasteiger partial charge in [0.2, 0.25) is 0 Å². The fraction of sp³-hybridized carbons (Fsp3) is 0.556. The van der Waals surface area contributed by atoms with Crippen LogP contribution in [0.1, 0.15) is 0 Å². The van der Waals surface area contributed by atoms with Gasteiger partial charge in [0.25, 0.3) is 5.85 Å². The first-order valence-corrected chi connectivity index (χ1v) is 6.31. The van der Waals surface area contributed by atoms with E-state index in [-0.39, 0.29) is 5.82 Å². The highest BCUT2D eigenvalue weighted by molar-refractivity contribution is 14.1. The first-order chi connectivity index (χ1) is 8.86. The minimum Gasteiger partial charge on any atom is -0.394 e. The van der Waals surface area contributed by atoms with Crippen molar-refractivity contribution in [1.82, 2.24) is 9.97 Å². The predicted octanol–water partition coefficient (Wildman–Crippen LogP) is -1.48. The summed E-state index contributed by atoms with van der Waals surface area (Å²) in [5, 5.41) is 30.2. The van der Waals surface area contributed by atoms with E-state index < -0.39 is 36.6 Å². The third kappa shape index (κ3) is 2.72. The lowest BCUT2D eigenvalue weighted by Gasteiger charge is -2.23. The molecule has 0 spiro atoms. The monoisotopic (exact) mass is 387 g/mol. The second kappa shape index (κ2) is 5.28. The van der Waals surface area contributed by atoms with Crippen LogP contribution in [-0.2, 0) is 4.74 Å². The second-order valence-electron chi connectivity index (χ2n) is 3.96. The number of aliphatic hydroxyl groups is 3. The summed E-state index contributed by atoms with van der Waals surface area (Å²) in [6.07, 6.45) is -3.49. The number of nitrogens with one attached hydrogen (secondary N) is 2. The van der Waals surface area contributed by atoms with E-state index in [0.717, 1.165) is 0 Å². The zero-order valence-corrected chi connectivity index (χ0v) is 11.5. The van der Waals surface area contributed by atoms with Crippen molar-refractivity contribution in [2.45, 2.75) is 24.3 Å². The van der Waals surface area contributed by atoms with Crippen molar-refractivity contribution in [3.8, 4) is 0 Å². The molecule has 0 unspecified atom stereocenters. The molecule has 1 aromatic heterocycles. The number of hydrogen-bond donors (Lipinski definition) is 5. The Bertz CT molecular complexity index is 525. The van der Waals surface area contributed by atoms with Gasteiger partial charge in [-0.1, -0.05) is 0 Å². The Morgan fingerprint density at radius 2 is 2.37 bits per heavy atom. The van der Waals surface area contributed by atoms with Crippen LogP contribution in [0.15, 0.2) is 11.0 Å². The van der Waals surface area contributed by atoms with Crippen molar-refractivity contribution in [2.75, 3.05) is 11.9 Å². The van der Waals surface area contributed by atoms with Gasteiger partial charge in [0.1, 0.15) is 18.0 Å². The number of ether oxygens (including phenoxy) is 1. The molecule has 0 bridgehead atoms. The minimum atomic E-state index is -3.11. The standard InChI is InChI=1S/C9H11FIN3O5/c10-9(18)5(16)4(2-15)19-7(9)13-6-3(11)1-12-8(17)14-6/h1,4-5,7,15-16,18H,2H2,(H2,12,13,14,17)/t4-,5-,7-,9+/m1/s1. The van der Waals surface area contributed by atoms with Gasteiger partial charge in [0.15, 0.2) is 6.23 Å². The molecule has 19 heavy (non-hydrogen) atoms. The van der Waals surface area contributed by atoms with Gasteiger partial charge in [-0.3, -0.25) is 0 Å². The van der Waals surface area contributed by atoms with Gasteiger partial charge < -0.3 is 30.4 Å². The average molecular weight is 387 g/mol. The van der Waals surface area contributed by atoms with Crippen LogP contribution in [-0.4, -0.2) is 56.2 Å². The van der Waals surface area contributed by atoms with Gasteiger partial charge in [-0.2, -0.15) is 4.98 Å². The summed E-state index contributed by atoms with van der Waals surface area (Å²) in [5.74, 6) is -3.11. The summed E-state index contributed by atoms with van der Waals surface area (Å²) < 4.78 is 19.3. The van der Waals surface area contributed by atoms with E-state index in [1.165, 1.54) is 6.20 Å². The molecule has 1 aliphatic heterocycles. The molecule has 4 atom stereocenters. The van der Waals surface area contributed by atoms with Gasteiger partial charge in [0.05, 0.1) is 10.2 Å². The molecule has 0 amide bonds. The maximum Gasteiger partial charge on any atom is 0.346 e. The summed E-state index contributed by atoms with van der Waals surface area (Å²) >= 11 is 1.83. The lowest BCUT2D eigenvalue weighted by Crippen LogP contribution is -2.47. The molecule has 106 valence electrons. The number of hydrogen-bond acceptors (Lipinski definition) is 7. The predicted molar refractivity (Wildman–Crippen MR) is 69.0 cm³/mol. The molecule has 0 radical (unpaired) electrons. The zero-order chi connectivity index (χ0) is 14.2. The molecule has 0 aromatic carbocycles. The molecule has 8 nitrogen and oxygen atoms in total. The smallest absolute Gasteiger partial charge is 0.346 e. The van der Waals surface area contributed by atoms with Crippen LogP contribution in [0.2, 0.25) is 0 Å². The molecule has 5 N–H and O–H groups in total. The van der Waals surface area contributed by atoms with Gasteiger partial charge >= 0.3 is 5.69 Å². The Kier molecular flexibility index (Phi) is 4.06. The molecule has 1 aliphatic rings. The number of anilines is 1. The normalized spacial score (nSPS) is 34.5. The van der Waals surface area contributed by atoms with E-state index >= 15 is 0 Å². The molecular formula is C9H11FIN3O5. The number of H-pyrrole nitrogens is 1. The number of aromatic nitrogens is 2. The van der Waals surface area contributed by atoms with Crippen molar-refractivity contribution in [2.24, 2.45) is 0 Å². The SMILES string of the molecule is O=c1nc(N[C@@H]2O[C@H](CO)[C@@H](O)[C@@]2(O)F)c(I)c[nH]1. The second-order valence-corrected chi connectivity index (χ2v) is 5.12. The maximum atomic E-state index is 13.9. The van der Waals surface area contributed by atoms with Crippen LogP contribution in [0.5, 0.6) is 0 Å². The van der Waals surface area contributed by atoms with Crippen molar-refractivity contribution >= 4 is 28.4 Å². The Hall–Kier alpha value is -0.820. The number of aromatic amines is 1. The summed E-state index contributed by atoms with van der Waals surface area (Å²) in [6.45, 7) is -0.661. The van der Waals surface area contributed by atoms with Crippen LogP contribution in [0.4, 0.5) is 10.2 Å². The van der Waals surface area contributed by atoms with Crippen LogP contribution >= 0.6 is 22.6 Å². The zero-order valence-electron chi connectivity index (χ0n) is 9.38. The Morgan fingerprint density at radius 3 is 2.95 bits per heavy atom. The van der Waals surface area contributed by atoms with Gasteiger partial charge in [-0.05, 0) is 22.6 Å². The number of alkyl halides is 1. The highest BCUT2D eigenvalue weighted by atomic mass is 127. The summed E-state index contributed by atoms with van der Waals surface area (Å²) in [5.41, 5.74) is -0.664. The molecule has 2 rings (SSSR count). The third-order valence-electron chi connectivity index (χ3n) is 2.66. The first-order valence-electron chi connectivity index (χ1n) is 5.23. The van der Waals surface area contributed by atoms with Crippen LogP contribution in [0, 0.1) is 3.57 Å². The minimum absolute atomic E-state index is 0.00350. The van der Waals surface area contributed by atoms with E-state index in [9.17, 15) is 19.4 Å². The first kappa shape index (κ1) is 14.6. The largest absolute Gasteiger partial charge is 0.394 e. The van der Waals surface area contributed by atoms with Gasteiger partial charge in [-0.25, -0.2) is 9.18 Å². The van der Waals surface area contributed by atoms with E-state index in [1.807, 2.05) is 22.6 Å². The van der Waals surface area contributed by atoms with Crippen molar-refractivity contribution in [1.29, 1.82) is 0 Å². The van der Waals surface area contributed by atoms with Crippen molar-refractivity contribution in [3.05, 3.63) is 20.3 Å². The Morgan fingerprint density at radius 1 is 1.68 bits per heavy atom. The molecule has 10 heteroatoms.